The number of rotatable bonds is 4. The van der Waals surface area contributed by atoms with Gasteiger partial charge in [-0.1, -0.05) is 26.0 Å². The van der Waals surface area contributed by atoms with Crippen LogP contribution in [-0.4, -0.2) is 24.2 Å². The van der Waals surface area contributed by atoms with Crippen LogP contribution in [0.25, 0.3) is 0 Å². The number of carbonyl (C=O) groups is 1. The zero-order chi connectivity index (χ0) is 13.3. The molecule has 0 atom stereocenters. The topological polar surface area (TPSA) is 66.6 Å². The van der Waals surface area contributed by atoms with E-state index in [4.69, 9.17) is 5.73 Å². The average Bonchev–Trinajstić information content (AvgIpc) is 2.64. The second-order valence-electron chi connectivity index (χ2n) is 5.65. The van der Waals surface area contributed by atoms with Crippen LogP contribution in [0.2, 0.25) is 0 Å². The number of fused-ring (bicyclic) bond motifs is 1. The molecule has 3 N–H and O–H groups in total. The van der Waals surface area contributed by atoms with Crippen LogP contribution in [0.5, 0.6) is 0 Å². The van der Waals surface area contributed by atoms with Gasteiger partial charge in [-0.3, -0.25) is 4.79 Å². The normalized spacial score (nSPS) is 15.1. The van der Waals surface area contributed by atoms with Crippen molar-refractivity contribution in [2.45, 2.75) is 26.8 Å². The molecule has 98 valence electrons. The van der Waals surface area contributed by atoms with Crippen molar-refractivity contribution in [3.8, 4) is 0 Å². The minimum atomic E-state index is -0.288. The van der Waals surface area contributed by atoms with E-state index >= 15 is 0 Å². The molecular weight excluding hydrogens is 228 g/mol. The molecule has 0 saturated carbocycles. The molecule has 0 aliphatic carbocycles. The van der Waals surface area contributed by atoms with Crippen LogP contribution in [-0.2, 0) is 17.8 Å². The van der Waals surface area contributed by atoms with Gasteiger partial charge >= 0.3 is 0 Å². The molecule has 0 unspecified atom stereocenters. The summed E-state index contributed by atoms with van der Waals surface area (Å²) < 4.78 is 0. The van der Waals surface area contributed by atoms with Crippen LogP contribution in [0.4, 0.5) is 5.69 Å². The highest BCUT2D eigenvalue weighted by Crippen LogP contribution is 2.32. The number of aliphatic hydroxyl groups excluding tert-OH is 1. The number of carbonyl (C=O) groups excluding carboxylic acids is 1. The molecule has 1 heterocycles. The van der Waals surface area contributed by atoms with Crippen LogP contribution < -0.4 is 10.6 Å². The first-order valence-electron chi connectivity index (χ1n) is 6.20. The maximum atomic E-state index is 12.0. The predicted molar refractivity (Wildman–Crippen MR) is 71.3 cm³/mol. The van der Waals surface area contributed by atoms with E-state index in [-0.39, 0.29) is 17.9 Å². The highest BCUT2D eigenvalue weighted by Gasteiger charge is 2.31. The monoisotopic (exact) mass is 248 g/mol. The third-order valence-corrected chi connectivity index (χ3v) is 3.33. The summed E-state index contributed by atoms with van der Waals surface area (Å²) in [5, 5.41) is 9.32. The number of amides is 1. The number of benzene rings is 1. The van der Waals surface area contributed by atoms with Crippen molar-refractivity contribution >= 4 is 11.6 Å². The Morgan fingerprint density at radius 2 is 2.17 bits per heavy atom. The number of nitrogens with zero attached hydrogens (tertiary/aromatic N) is 1. The van der Waals surface area contributed by atoms with Crippen LogP contribution in [0.15, 0.2) is 18.2 Å². The Bertz CT molecular complexity index is 469. The second kappa shape index (κ2) is 4.71. The van der Waals surface area contributed by atoms with Crippen LogP contribution in [0.3, 0.4) is 0 Å². The van der Waals surface area contributed by atoms with Gasteiger partial charge in [0.25, 0.3) is 0 Å². The summed E-state index contributed by atoms with van der Waals surface area (Å²) in [5.74, 6) is 0.0979. The molecule has 1 aliphatic rings. The van der Waals surface area contributed by atoms with Gasteiger partial charge in [0, 0.05) is 30.8 Å². The molecule has 2 rings (SSSR count). The number of anilines is 1. The fraction of sp³-hybridized carbons (Fsp3) is 0.500. The number of nitrogens with two attached hydrogens (primary N) is 1. The Balaban J connectivity index is 2.28. The van der Waals surface area contributed by atoms with E-state index in [1.54, 1.807) is 4.90 Å². The Labute approximate surface area is 107 Å². The van der Waals surface area contributed by atoms with Crippen molar-refractivity contribution < 1.29 is 9.90 Å². The van der Waals surface area contributed by atoms with Crippen molar-refractivity contribution in [3.05, 3.63) is 29.3 Å². The summed E-state index contributed by atoms with van der Waals surface area (Å²) in [4.78, 5) is 13.8. The van der Waals surface area contributed by atoms with Gasteiger partial charge in [0.05, 0.1) is 6.42 Å². The lowest BCUT2D eigenvalue weighted by molar-refractivity contribution is -0.117. The van der Waals surface area contributed by atoms with E-state index in [9.17, 15) is 9.90 Å². The van der Waals surface area contributed by atoms with Gasteiger partial charge in [-0.2, -0.15) is 0 Å². The average molecular weight is 248 g/mol. The van der Waals surface area contributed by atoms with Crippen molar-refractivity contribution in [1.82, 2.24) is 0 Å². The molecule has 0 saturated heterocycles. The third-order valence-electron chi connectivity index (χ3n) is 3.33. The second-order valence-corrected chi connectivity index (χ2v) is 5.65. The molecule has 18 heavy (non-hydrogen) atoms. The van der Waals surface area contributed by atoms with Crippen molar-refractivity contribution in [2.75, 3.05) is 18.1 Å². The Kier molecular flexibility index (Phi) is 3.41. The highest BCUT2D eigenvalue weighted by atomic mass is 16.3. The van der Waals surface area contributed by atoms with E-state index in [0.29, 0.717) is 19.5 Å². The zero-order valence-corrected chi connectivity index (χ0v) is 10.9. The minimum absolute atomic E-state index is 0.0625. The number of hydrogen-bond acceptors (Lipinski definition) is 3. The molecule has 1 aliphatic heterocycles. The lowest BCUT2D eigenvalue weighted by Crippen LogP contribution is -2.38. The van der Waals surface area contributed by atoms with E-state index in [1.165, 1.54) is 0 Å². The number of hydrogen-bond donors (Lipinski definition) is 2. The molecule has 0 radical (unpaired) electrons. The molecule has 1 amide bonds. The molecule has 0 spiro atoms. The van der Waals surface area contributed by atoms with E-state index in [0.717, 1.165) is 16.8 Å². The van der Waals surface area contributed by atoms with Gasteiger partial charge in [-0.15, -0.1) is 0 Å². The Morgan fingerprint density at radius 1 is 1.44 bits per heavy atom. The third kappa shape index (κ3) is 2.40. The summed E-state index contributed by atoms with van der Waals surface area (Å²) in [6, 6.07) is 5.91. The maximum absolute atomic E-state index is 12.0. The van der Waals surface area contributed by atoms with E-state index in [2.05, 4.69) is 0 Å². The fourth-order valence-electron chi connectivity index (χ4n) is 2.21. The first-order chi connectivity index (χ1) is 8.46. The van der Waals surface area contributed by atoms with E-state index < -0.39 is 0 Å². The lowest BCUT2D eigenvalue weighted by atomic mass is 9.94. The molecule has 4 nitrogen and oxygen atoms in total. The van der Waals surface area contributed by atoms with Gasteiger partial charge in [-0.05, 0) is 17.2 Å². The summed E-state index contributed by atoms with van der Waals surface area (Å²) in [6.07, 6.45) is 0.435. The molecule has 0 fully saturated rings. The summed E-state index contributed by atoms with van der Waals surface area (Å²) in [7, 11) is 0. The smallest absolute Gasteiger partial charge is 0.231 e. The van der Waals surface area contributed by atoms with Gasteiger partial charge in [-0.25, -0.2) is 0 Å². The van der Waals surface area contributed by atoms with Gasteiger partial charge in [0.1, 0.15) is 0 Å². The lowest BCUT2D eigenvalue weighted by Gasteiger charge is -2.28. The van der Waals surface area contributed by atoms with Crippen molar-refractivity contribution in [2.24, 2.45) is 11.1 Å². The summed E-state index contributed by atoms with van der Waals surface area (Å²) in [6.45, 7) is 4.99. The van der Waals surface area contributed by atoms with Gasteiger partial charge < -0.3 is 15.7 Å². The Morgan fingerprint density at radius 3 is 2.78 bits per heavy atom. The molecule has 0 bridgehead atoms. The quantitative estimate of drug-likeness (QED) is 0.837. The first kappa shape index (κ1) is 13.1. The SMILES string of the molecule is CC(C)(CO)CN1C(=O)Cc2cc(CN)ccc21. The maximum Gasteiger partial charge on any atom is 0.231 e. The van der Waals surface area contributed by atoms with Crippen molar-refractivity contribution in [1.29, 1.82) is 0 Å². The first-order valence-corrected chi connectivity index (χ1v) is 6.20. The summed E-state index contributed by atoms with van der Waals surface area (Å²) in [5.41, 5.74) is 8.36. The van der Waals surface area contributed by atoms with E-state index in [1.807, 2.05) is 32.0 Å². The van der Waals surface area contributed by atoms with Crippen LogP contribution in [0.1, 0.15) is 25.0 Å². The molecule has 0 aromatic heterocycles. The molecular formula is C14H20N2O2. The predicted octanol–water partition coefficient (Wildman–Crippen LogP) is 1.05. The largest absolute Gasteiger partial charge is 0.396 e. The zero-order valence-electron chi connectivity index (χ0n) is 10.9. The molecule has 1 aromatic rings. The standard InChI is InChI=1S/C14H20N2O2/c1-14(2,9-17)8-16-12-4-3-10(7-15)5-11(12)6-13(16)18/h3-5,17H,6-9,15H2,1-2H3. The van der Waals surface area contributed by atoms with Gasteiger partial charge in [0.15, 0.2) is 0 Å². The molecule has 1 aromatic carbocycles. The van der Waals surface area contributed by atoms with Gasteiger partial charge in [0.2, 0.25) is 5.91 Å². The van der Waals surface area contributed by atoms with Crippen LogP contribution >= 0.6 is 0 Å². The number of aliphatic hydroxyl groups is 1. The highest BCUT2D eigenvalue weighted by molar-refractivity contribution is 6.01. The molecule has 4 heteroatoms. The fourth-order valence-corrected chi connectivity index (χ4v) is 2.21. The Hall–Kier alpha value is -1.39. The van der Waals surface area contributed by atoms with Crippen LogP contribution in [0, 0.1) is 5.41 Å². The summed E-state index contributed by atoms with van der Waals surface area (Å²) >= 11 is 0. The minimum Gasteiger partial charge on any atom is -0.396 e. The van der Waals surface area contributed by atoms with Crippen molar-refractivity contribution in [3.63, 3.8) is 0 Å².